The van der Waals surface area contributed by atoms with Crippen molar-refractivity contribution in [3.8, 4) is 0 Å². The average Bonchev–Trinajstić information content (AvgIpc) is 3.06. The quantitative estimate of drug-likeness (QED) is 0.869. The van der Waals surface area contributed by atoms with Gasteiger partial charge in [0.05, 0.1) is 6.33 Å². The molecule has 0 fully saturated rings. The zero-order valence-electron chi connectivity index (χ0n) is 13.6. The fourth-order valence-electron chi connectivity index (χ4n) is 3.19. The van der Waals surface area contributed by atoms with E-state index in [0.717, 1.165) is 12.0 Å². The maximum absolute atomic E-state index is 14.0. The summed E-state index contributed by atoms with van der Waals surface area (Å²) < 4.78 is 15.9. The van der Waals surface area contributed by atoms with E-state index in [0.29, 0.717) is 31.0 Å². The molecule has 0 saturated carbocycles. The van der Waals surface area contributed by atoms with E-state index in [1.807, 2.05) is 16.8 Å². The first-order valence-corrected chi connectivity index (χ1v) is 8.08. The van der Waals surface area contributed by atoms with Crippen molar-refractivity contribution in [2.24, 2.45) is 5.92 Å². The van der Waals surface area contributed by atoms with Gasteiger partial charge in [-0.2, -0.15) is 0 Å². The topological polar surface area (TPSA) is 38.1 Å². The van der Waals surface area contributed by atoms with E-state index in [1.165, 1.54) is 6.07 Å². The fraction of sp³-hybridized carbons (Fsp3) is 0.444. The van der Waals surface area contributed by atoms with Gasteiger partial charge in [-0.15, -0.1) is 0 Å². The Balaban J connectivity index is 1.83. The Kier molecular flexibility index (Phi) is 4.46. The van der Waals surface area contributed by atoms with Gasteiger partial charge in [0.15, 0.2) is 0 Å². The third-order valence-corrected chi connectivity index (χ3v) is 4.39. The van der Waals surface area contributed by atoms with Gasteiger partial charge in [-0.3, -0.25) is 4.79 Å². The zero-order valence-corrected chi connectivity index (χ0v) is 13.6. The molecule has 0 saturated heterocycles. The molecule has 0 bridgehead atoms. The van der Waals surface area contributed by atoms with Gasteiger partial charge in [-0.25, -0.2) is 9.37 Å². The van der Waals surface area contributed by atoms with Gasteiger partial charge < -0.3 is 9.47 Å². The van der Waals surface area contributed by atoms with Crippen molar-refractivity contribution in [2.45, 2.75) is 39.3 Å². The molecule has 1 aliphatic rings. The molecular weight excluding hydrogens is 293 g/mol. The minimum atomic E-state index is -0.272. The summed E-state index contributed by atoms with van der Waals surface area (Å²) in [5.74, 6) is 0.216. The van der Waals surface area contributed by atoms with Gasteiger partial charge in [-0.05, 0) is 30.4 Å². The third-order valence-electron chi connectivity index (χ3n) is 4.39. The maximum Gasteiger partial charge on any atom is 0.245 e. The molecule has 4 nitrogen and oxygen atoms in total. The van der Waals surface area contributed by atoms with Crippen molar-refractivity contribution in [1.82, 2.24) is 14.5 Å². The molecule has 1 aromatic heterocycles. The highest BCUT2D eigenvalue weighted by Gasteiger charge is 2.29. The summed E-state index contributed by atoms with van der Waals surface area (Å²) in [4.78, 5) is 18.8. The maximum atomic E-state index is 14.0. The normalized spacial score (nSPS) is 15.6. The SMILES string of the molecule is CC(C)CC(C(=O)N1CCc2cccc(F)c2C1)n1ccnc1. The second kappa shape index (κ2) is 6.52. The highest BCUT2D eigenvalue weighted by Crippen LogP contribution is 2.26. The molecule has 2 aromatic rings. The van der Waals surface area contributed by atoms with Gasteiger partial charge >= 0.3 is 0 Å². The van der Waals surface area contributed by atoms with Crippen LogP contribution in [0.2, 0.25) is 0 Å². The summed E-state index contributed by atoms with van der Waals surface area (Å²) in [5.41, 5.74) is 1.66. The summed E-state index contributed by atoms with van der Waals surface area (Å²) in [6.07, 6.45) is 6.64. The molecule has 3 rings (SSSR count). The molecule has 1 atom stereocenters. The Morgan fingerprint density at radius 1 is 1.39 bits per heavy atom. The number of hydrogen-bond acceptors (Lipinski definition) is 2. The molecule has 23 heavy (non-hydrogen) atoms. The van der Waals surface area contributed by atoms with Crippen LogP contribution in [0, 0.1) is 11.7 Å². The van der Waals surface area contributed by atoms with Crippen LogP contribution in [-0.4, -0.2) is 26.9 Å². The average molecular weight is 315 g/mol. The van der Waals surface area contributed by atoms with E-state index in [9.17, 15) is 9.18 Å². The van der Waals surface area contributed by atoms with Gasteiger partial charge in [0.2, 0.25) is 5.91 Å². The summed E-state index contributed by atoms with van der Waals surface area (Å²) in [5, 5.41) is 0. The number of fused-ring (bicyclic) bond motifs is 1. The van der Waals surface area contributed by atoms with Gasteiger partial charge in [0, 0.05) is 31.0 Å². The molecule has 0 aliphatic carbocycles. The number of carbonyl (C=O) groups is 1. The Morgan fingerprint density at radius 3 is 2.91 bits per heavy atom. The molecular formula is C18H22FN3O. The number of imidazole rings is 1. The van der Waals surface area contributed by atoms with Crippen molar-refractivity contribution in [2.75, 3.05) is 6.54 Å². The van der Waals surface area contributed by atoms with Crippen molar-refractivity contribution in [3.63, 3.8) is 0 Å². The van der Waals surface area contributed by atoms with Crippen molar-refractivity contribution >= 4 is 5.91 Å². The number of hydrogen-bond donors (Lipinski definition) is 0. The highest BCUT2D eigenvalue weighted by atomic mass is 19.1. The number of amides is 1. The summed E-state index contributed by atoms with van der Waals surface area (Å²) in [6, 6.07) is 4.88. The lowest BCUT2D eigenvalue weighted by molar-refractivity contribution is -0.136. The summed E-state index contributed by atoms with van der Waals surface area (Å²) >= 11 is 0. The molecule has 0 radical (unpaired) electrons. The van der Waals surface area contributed by atoms with Gasteiger partial charge in [0.25, 0.3) is 0 Å². The monoisotopic (exact) mass is 315 g/mol. The van der Waals surface area contributed by atoms with Crippen LogP contribution >= 0.6 is 0 Å². The van der Waals surface area contributed by atoms with E-state index in [4.69, 9.17) is 0 Å². The summed E-state index contributed by atoms with van der Waals surface area (Å²) in [6.45, 7) is 5.19. The van der Waals surface area contributed by atoms with Crippen LogP contribution in [0.15, 0.2) is 36.9 Å². The first kappa shape index (κ1) is 15.7. The van der Waals surface area contributed by atoms with Crippen molar-refractivity contribution in [1.29, 1.82) is 0 Å². The van der Waals surface area contributed by atoms with Crippen LogP contribution in [-0.2, 0) is 17.8 Å². The molecule has 122 valence electrons. The number of aromatic nitrogens is 2. The number of nitrogens with zero attached hydrogens (tertiary/aromatic N) is 3. The second-order valence-corrected chi connectivity index (χ2v) is 6.54. The lowest BCUT2D eigenvalue weighted by atomic mass is 9.97. The van der Waals surface area contributed by atoms with E-state index >= 15 is 0 Å². The molecule has 5 heteroatoms. The predicted octanol–water partition coefficient (Wildman–Crippen LogP) is 3.19. The van der Waals surface area contributed by atoms with Gasteiger partial charge in [-0.1, -0.05) is 26.0 Å². The molecule has 1 aromatic carbocycles. The molecule has 1 amide bonds. The Bertz CT molecular complexity index is 682. The van der Waals surface area contributed by atoms with Crippen molar-refractivity contribution in [3.05, 3.63) is 53.9 Å². The van der Waals surface area contributed by atoms with Crippen LogP contribution in [0.5, 0.6) is 0 Å². The number of halogens is 1. The minimum absolute atomic E-state index is 0.0469. The molecule has 0 spiro atoms. The zero-order chi connectivity index (χ0) is 16.4. The van der Waals surface area contributed by atoms with Crippen LogP contribution in [0.1, 0.15) is 37.4 Å². The van der Waals surface area contributed by atoms with Crippen molar-refractivity contribution < 1.29 is 9.18 Å². The number of benzene rings is 1. The Labute approximate surface area is 135 Å². The predicted molar refractivity (Wildman–Crippen MR) is 86.2 cm³/mol. The summed E-state index contributed by atoms with van der Waals surface area (Å²) in [7, 11) is 0. The van der Waals surface area contributed by atoms with E-state index in [1.54, 1.807) is 23.5 Å². The van der Waals surface area contributed by atoms with E-state index < -0.39 is 0 Å². The lowest BCUT2D eigenvalue weighted by Crippen LogP contribution is -2.41. The molecule has 0 N–H and O–H groups in total. The van der Waals surface area contributed by atoms with Crippen LogP contribution in [0.4, 0.5) is 4.39 Å². The first-order valence-electron chi connectivity index (χ1n) is 8.08. The third kappa shape index (κ3) is 3.28. The van der Waals surface area contributed by atoms with Gasteiger partial charge in [0.1, 0.15) is 11.9 Å². The molecule has 2 heterocycles. The molecule has 1 unspecified atom stereocenters. The van der Waals surface area contributed by atoms with Crippen LogP contribution in [0.25, 0.3) is 0 Å². The van der Waals surface area contributed by atoms with Crippen LogP contribution < -0.4 is 0 Å². The van der Waals surface area contributed by atoms with E-state index in [-0.39, 0.29) is 17.8 Å². The minimum Gasteiger partial charge on any atom is -0.336 e. The second-order valence-electron chi connectivity index (χ2n) is 6.54. The Morgan fingerprint density at radius 2 is 2.22 bits per heavy atom. The number of rotatable bonds is 4. The fourth-order valence-corrected chi connectivity index (χ4v) is 3.19. The standard InChI is InChI=1S/C18H22FN3O/c1-13(2)10-17(22-9-7-20-12-22)18(23)21-8-6-14-4-3-5-16(19)15(14)11-21/h3-5,7,9,12-13,17H,6,8,10-11H2,1-2H3. The largest absolute Gasteiger partial charge is 0.336 e. The lowest BCUT2D eigenvalue weighted by Gasteiger charge is -2.33. The first-order chi connectivity index (χ1) is 11.1. The van der Waals surface area contributed by atoms with E-state index in [2.05, 4.69) is 18.8 Å². The molecule has 1 aliphatic heterocycles. The highest BCUT2D eigenvalue weighted by molar-refractivity contribution is 5.80. The Hall–Kier alpha value is -2.17. The van der Waals surface area contributed by atoms with Crippen LogP contribution in [0.3, 0.4) is 0 Å². The number of carbonyl (C=O) groups excluding carboxylic acids is 1. The smallest absolute Gasteiger partial charge is 0.245 e.